The molecule has 0 saturated heterocycles. The Morgan fingerprint density at radius 3 is 2.63 bits per heavy atom. The molecular weight excluding hydrogens is 272 g/mol. The van der Waals surface area contributed by atoms with E-state index in [-0.39, 0.29) is 13.0 Å². The van der Waals surface area contributed by atoms with Gasteiger partial charge in [0.1, 0.15) is 0 Å². The van der Waals surface area contributed by atoms with Crippen molar-refractivity contribution in [3.8, 4) is 0 Å². The SMILES string of the molecule is COC(=O)C1CCCC1S(=O)(=O)NCCCC(N)=O. The lowest BCUT2D eigenvalue weighted by atomic mass is 10.1. The van der Waals surface area contributed by atoms with Gasteiger partial charge in [0.15, 0.2) is 0 Å². The average Bonchev–Trinajstić information content (AvgIpc) is 2.83. The van der Waals surface area contributed by atoms with Crippen LogP contribution in [-0.4, -0.2) is 39.2 Å². The van der Waals surface area contributed by atoms with E-state index in [1.807, 2.05) is 0 Å². The van der Waals surface area contributed by atoms with Gasteiger partial charge < -0.3 is 10.5 Å². The minimum atomic E-state index is -3.57. The lowest BCUT2D eigenvalue weighted by Crippen LogP contribution is -2.40. The number of hydrogen-bond donors (Lipinski definition) is 2. The van der Waals surface area contributed by atoms with Gasteiger partial charge in [-0.3, -0.25) is 9.59 Å². The van der Waals surface area contributed by atoms with E-state index in [0.717, 1.165) is 0 Å². The first-order valence-corrected chi connectivity index (χ1v) is 7.77. The van der Waals surface area contributed by atoms with E-state index in [9.17, 15) is 18.0 Å². The van der Waals surface area contributed by atoms with E-state index in [2.05, 4.69) is 9.46 Å². The van der Waals surface area contributed by atoms with Crippen LogP contribution in [0.1, 0.15) is 32.1 Å². The van der Waals surface area contributed by atoms with Crippen LogP contribution in [0.25, 0.3) is 0 Å². The monoisotopic (exact) mass is 292 g/mol. The Balaban J connectivity index is 2.56. The van der Waals surface area contributed by atoms with Crippen molar-refractivity contribution < 1.29 is 22.7 Å². The van der Waals surface area contributed by atoms with Crippen molar-refractivity contribution >= 4 is 21.9 Å². The number of amides is 1. The molecule has 1 saturated carbocycles. The highest BCUT2D eigenvalue weighted by molar-refractivity contribution is 7.90. The van der Waals surface area contributed by atoms with Crippen molar-refractivity contribution in [3.63, 3.8) is 0 Å². The number of nitrogens with two attached hydrogens (primary N) is 1. The van der Waals surface area contributed by atoms with Crippen LogP contribution < -0.4 is 10.5 Å². The summed E-state index contributed by atoms with van der Waals surface area (Å²) < 4.78 is 31.2. The van der Waals surface area contributed by atoms with Crippen LogP contribution in [0.2, 0.25) is 0 Å². The fraction of sp³-hybridized carbons (Fsp3) is 0.818. The quantitative estimate of drug-likeness (QED) is 0.485. The van der Waals surface area contributed by atoms with Crippen LogP contribution in [0.5, 0.6) is 0 Å². The molecule has 0 bridgehead atoms. The van der Waals surface area contributed by atoms with Gasteiger partial charge in [-0.2, -0.15) is 0 Å². The zero-order valence-corrected chi connectivity index (χ0v) is 11.7. The second-order valence-electron chi connectivity index (χ2n) is 4.61. The molecule has 0 aliphatic heterocycles. The maximum atomic E-state index is 12.1. The third-order valence-electron chi connectivity index (χ3n) is 3.26. The molecule has 7 nitrogen and oxygen atoms in total. The van der Waals surface area contributed by atoms with Crippen LogP contribution in [0.4, 0.5) is 0 Å². The summed E-state index contributed by atoms with van der Waals surface area (Å²) in [7, 11) is -2.31. The third-order valence-corrected chi connectivity index (χ3v) is 5.23. The van der Waals surface area contributed by atoms with E-state index >= 15 is 0 Å². The summed E-state index contributed by atoms with van der Waals surface area (Å²) in [4.78, 5) is 22.1. The standard InChI is InChI=1S/C11H20N2O5S/c1-18-11(15)8-4-2-5-9(8)19(16,17)13-7-3-6-10(12)14/h8-9,13H,2-7H2,1H3,(H2,12,14). The molecule has 2 atom stereocenters. The molecule has 0 heterocycles. The highest BCUT2D eigenvalue weighted by Gasteiger charge is 2.41. The predicted molar refractivity (Wildman–Crippen MR) is 68.5 cm³/mol. The molecular formula is C11H20N2O5S. The Morgan fingerprint density at radius 1 is 1.37 bits per heavy atom. The van der Waals surface area contributed by atoms with Crippen LogP contribution >= 0.6 is 0 Å². The van der Waals surface area contributed by atoms with Gasteiger partial charge in [-0.05, 0) is 19.3 Å². The molecule has 1 aliphatic rings. The van der Waals surface area contributed by atoms with Gasteiger partial charge in [0.2, 0.25) is 15.9 Å². The van der Waals surface area contributed by atoms with Crippen LogP contribution in [0.15, 0.2) is 0 Å². The van der Waals surface area contributed by atoms with Crippen molar-refractivity contribution in [2.75, 3.05) is 13.7 Å². The average molecular weight is 292 g/mol. The molecule has 8 heteroatoms. The fourth-order valence-electron chi connectivity index (χ4n) is 2.30. The molecule has 1 rings (SSSR count). The zero-order valence-electron chi connectivity index (χ0n) is 10.9. The number of carbonyl (C=O) groups excluding carboxylic acids is 2. The molecule has 0 aromatic heterocycles. The molecule has 0 aromatic carbocycles. The number of sulfonamides is 1. The maximum Gasteiger partial charge on any atom is 0.310 e. The van der Waals surface area contributed by atoms with Crippen molar-refractivity contribution in [3.05, 3.63) is 0 Å². The van der Waals surface area contributed by atoms with Crippen LogP contribution in [0, 0.1) is 5.92 Å². The molecule has 1 amide bonds. The molecule has 2 unspecified atom stereocenters. The second kappa shape index (κ2) is 6.85. The van der Waals surface area contributed by atoms with Gasteiger partial charge in [-0.15, -0.1) is 0 Å². The minimum absolute atomic E-state index is 0.133. The number of rotatable bonds is 7. The first-order valence-electron chi connectivity index (χ1n) is 6.23. The predicted octanol–water partition coefficient (Wildman–Crippen LogP) is -0.487. The highest BCUT2D eigenvalue weighted by atomic mass is 32.2. The number of hydrogen-bond acceptors (Lipinski definition) is 5. The van der Waals surface area contributed by atoms with Crippen LogP contribution in [-0.2, 0) is 24.3 Å². The summed E-state index contributed by atoms with van der Waals surface area (Å²) in [5.74, 6) is -1.55. The Kier molecular flexibility index (Phi) is 5.74. The summed E-state index contributed by atoms with van der Waals surface area (Å²) in [6.07, 6.45) is 2.15. The molecule has 1 fully saturated rings. The highest BCUT2D eigenvalue weighted by Crippen LogP contribution is 2.31. The van der Waals surface area contributed by atoms with Gasteiger partial charge in [0, 0.05) is 13.0 Å². The Bertz CT molecular complexity index is 434. The summed E-state index contributed by atoms with van der Waals surface area (Å²) in [5.41, 5.74) is 4.97. The number of primary amides is 1. The van der Waals surface area contributed by atoms with Crippen molar-refractivity contribution in [1.29, 1.82) is 0 Å². The van der Waals surface area contributed by atoms with Gasteiger partial charge >= 0.3 is 5.97 Å². The lowest BCUT2D eigenvalue weighted by Gasteiger charge is -2.18. The van der Waals surface area contributed by atoms with Crippen molar-refractivity contribution in [2.45, 2.75) is 37.4 Å². The van der Waals surface area contributed by atoms with Crippen molar-refractivity contribution in [1.82, 2.24) is 4.72 Å². The van der Waals surface area contributed by atoms with E-state index in [4.69, 9.17) is 5.73 Å². The molecule has 0 radical (unpaired) electrons. The van der Waals surface area contributed by atoms with Gasteiger partial charge in [0.05, 0.1) is 18.3 Å². The third kappa shape index (κ3) is 4.46. The Labute approximate surface area is 112 Å². The number of nitrogens with one attached hydrogen (secondary N) is 1. The summed E-state index contributed by atoms with van der Waals surface area (Å²) in [6.45, 7) is 0.148. The number of ether oxygens (including phenoxy) is 1. The fourth-order valence-corrected chi connectivity index (χ4v) is 4.10. The second-order valence-corrected chi connectivity index (χ2v) is 6.59. The first kappa shape index (κ1) is 15.9. The summed E-state index contributed by atoms with van der Waals surface area (Å²) in [5, 5.41) is -0.742. The van der Waals surface area contributed by atoms with Gasteiger partial charge in [-0.25, -0.2) is 13.1 Å². The van der Waals surface area contributed by atoms with Gasteiger partial charge in [-0.1, -0.05) is 6.42 Å². The summed E-state index contributed by atoms with van der Waals surface area (Å²) >= 11 is 0. The zero-order chi connectivity index (χ0) is 14.5. The van der Waals surface area contributed by atoms with E-state index < -0.39 is 33.1 Å². The van der Waals surface area contributed by atoms with E-state index in [1.54, 1.807) is 0 Å². The minimum Gasteiger partial charge on any atom is -0.469 e. The van der Waals surface area contributed by atoms with E-state index in [0.29, 0.717) is 25.7 Å². The number of methoxy groups -OCH3 is 1. The number of esters is 1. The van der Waals surface area contributed by atoms with Crippen molar-refractivity contribution in [2.24, 2.45) is 11.7 Å². The van der Waals surface area contributed by atoms with Gasteiger partial charge in [0.25, 0.3) is 0 Å². The molecule has 0 spiro atoms. The normalized spacial score (nSPS) is 23.2. The Hall–Kier alpha value is -1.15. The molecule has 19 heavy (non-hydrogen) atoms. The first-order chi connectivity index (χ1) is 8.88. The molecule has 3 N–H and O–H groups in total. The lowest BCUT2D eigenvalue weighted by molar-refractivity contribution is -0.145. The maximum absolute atomic E-state index is 12.1. The molecule has 1 aliphatic carbocycles. The topological polar surface area (TPSA) is 116 Å². The Morgan fingerprint density at radius 2 is 2.05 bits per heavy atom. The van der Waals surface area contributed by atoms with Crippen LogP contribution in [0.3, 0.4) is 0 Å². The number of carbonyl (C=O) groups is 2. The van der Waals surface area contributed by atoms with E-state index in [1.165, 1.54) is 7.11 Å². The summed E-state index contributed by atoms with van der Waals surface area (Å²) in [6, 6.07) is 0. The smallest absolute Gasteiger partial charge is 0.310 e. The molecule has 0 aromatic rings. The molecule has 110 valence electrons. The largest absolute Gasteiger partial charge is 0.469 e.